The summed E-state index contributed by atoms with van der Waals surface area (Å²) in [6.07, 6.45) is 0. The lowest BCUT2D eigenvalue weighted by molar-refractivity contribution is 0.0944. The van der Waals surface area contributed by atoms with E-state index in [4.69, 9.17) is 5.10 Å². The number of carbonyl (C=O) groups is 1. The predicted molar refractivity (Wildman–Crippen MR) is 133 cm³/mol. The Labute approximate surface area is 196 Å². The van der Waals surface area contributed by atoms with Crippen LogP contribution in [0.3, 0.4) is 0 Å². The van der Waals surface area contributed by atoms with Crippen molar-refractivity contribution in [2.45, 2.75) is 6.04 Å². The van der Waals surface area contributed by atoms with Crippen LogP contribution < -0.4 is 5.01 Å². The van der Waals surface area contributed by atoms with Crippen molar-refractivity contribution in [1.82, 2.24) is 0 Å². The van der Waals surface area contributed by atoms with E-state index in [1.54, 1.807) is 0 Å². The average molecular weight is 481 g/mol. The smallest absolute Gasteiger partial charge is 0.174 e. The molecule has 0 aromatic heterocycles. The topological polar surface area (TPSA) is 32.7 Å². The van der Waals surface area contributed by atoms with Gasteiger partial charge in [0.15, 0.2) is 5.78 Å². The fraction of sp³-hybridized carbons (Fsp3) is 0.0714. The molecule has 0 amide bonds. The molecule has 2 atom stereocenters. The second-order valence-electron chi connectivity index (χ2n) is 7.74. The van der Waals surface area contributed by atoms with E-state index in [0.717, 1.165) is 27.0 Å². The van der Waals surface area contributed by atoms with Gasteiger partial charge >= 0.3 is 0 Å². The lowest BCUT2D eigenvalue weighted by Crippen LogP contribution is -2.31. The Morgan fingerprint density at radius 1 is 0.719 bits per heavy atom. The van der Waals surface area contributed by atoms with Crippen LogP contribution in [-0.2, 0) is 0 Å². The Morgan fingerprint density at radius 2 is 1.28 bits per heavy atom. The zero-order valence-electron chi connectivity index (χ0n) is 17.3. The number of para-hydroxylation sites is 1. The Kier molecular flexibility index (Phi) is 5.70. The van der Waals surface area contributed by atoms with Gasteiger partial charge in [-0.3, -0.25) is 9.80 Å². The van der Waals surface area contributed by atoms with Crippen molar-refractivity contribution in [3.05, 3.63) is 136 Å². The summed E-state index contributed by atoms with van der Waals surface area (Å²) in [4.78, 5) is 14.0. The van der Waals surface area contributed by atoms with Crippen LogP contribution in [0.1, 0.15) is 27.5 Å². The van der Waals surface area contributed by atoms with Gasteiger partial charge in [0.05, 0.1) is 23.4 Å². The van der Waals surface area contributed by atoms with Crippen LogP contribution in [-0.4, -0.2) is 11.5 Å². The van der Waals surface area contributed by atoms with Crippen molar-refractivity contribution in [3.8, 4) is 0 Å². The van der Waals surface area contributed by atoms with E-state index < -0.39 is 5.92 Å². The summed E-state index contributed by atoms with van der Waals surface area (Å²) in [6.45, 7) is 0. The predicted octanol–water partition coefficient (Wildman–Crippen LogP) is 6.91. The number of hydrogen-bond donors (Lipinski definition) is 0. The molecule has 0 N–H and O–H groups in total. The highest BCUT2D eigenvalue weighted by Crippen LogP contribution is 2.42. The Bertz CT molecular complexity index is 1240. The molecule has 0 saturated carbocycles. The highest BCUT2D eigenvalue weighted by atomic mass is 79.9. The van der Waals surface area contributed by atoms with Gasteiger partial charge in [-0.15, -0.1) is 0 Å². The standard InChI is InChI=1S/C28H21BrN2O/c29-23-18-16-22(17-19-23)28(32)25-26(20-10-4-1-5-11-20)30-31(24-14-8-3-9-15-24)27(25)21-12-6-2-7-13-21/h1-19,25,27H/t25-,27+/m1/s1. The van der Waals surface area contributed by atoms with Crippen LogP contribution in [0.4, 0.5) is 5.69 Å². The van der Waals surface area contributed by atoms with E-state index in [1.165, 1.54) is 0 Å². The minimum atomic E-state index is -0.443. The van der Waals surface area contributed by atoms with Crippen LogP contribution in [0.15, 0.2) is 125 Å². The molecular weight excluding hydrogens is 460 g/mol. The third-order valence-electron chi connectivity index (χ3n) is 5.73. The van der Waals surface area contributed by atoms with Crippen molar-refractivity contribution in [3.63, 3.8) is 0 Å². The second-order valence-corrected chi connectivity index (χ2v) is 8.65. The highest BCUT2D eigenvalue weighted by molar-refractivity contribution is 9.10. The number of hydrogen-bond acceptors (Lipinski definition) is 3. The van der Waals surface area contributed by atoms with Gasteiger partial charge in [-0.2, -0.15) is 5.10 Å². The summed E-state index contributed by atoms with van der Waals surface area (Å²) in [5.41, 5.74) is 4.44. The van der Waals surface area contributed by atoms with Crippen LogP contribution in [0, 0.1) is 5.92 Å². The maximum absolute atomic E-state index is 14.0. The number of nitrogens with zero attached hydrogens (tertiary/aromatic N) is 2. The monoisotopic (exact) mass is 480 g/mol. The van der Waals surface area contributed by atoms with Crippen molar-refractivity contribution < 1.29 is 4.79 Å². The molecule has 1 heterocycles. The van der Waals surface area contributed by atoms with Crippen molar-refractivity contribution in [2.75, 3.05) is 5.01 Å². The van der Waals surface area contributed by atoms with Gasteiger partial charge in [0.2, 0.25) is 0 Å². The van der Waals surface area contributed by atoms with E-state index >= 15 is 0 Å². The van der Waals surface area contributed by atoms with Crippen LogP contribution in [0.2, 0.25) is 0 Å². The molecule has 1 aliphatic heterocycles. The molecule has 4 aromatic carbocycles. The minimum Gasteiger partial charge on any atom is -0.293 e. The molecule has 0 bridgehead atoms. The molecule has 0 radical (unpaired) electrons. The highest BCUT2D eigenvalue weighted by Gasteiger charge is 2.44. The average Bonchev–Trinajstić information content (AvgIpc) is 3.26. The molecule has 0 saturated heterocycles. The number of anilines is 1. The fourth-order valence-corrected chi connectivity index (χ4v) is 4.49. The molecule has 156 valence electrons. The summed E-state index contributed by atoms with van der Waals surface area (Å²) in [6, 6.07) is 37.6. The zero-order valence-corrected chi connectivity index (χ0v) is 18.9. The molecule has 1 aliphatic rings. The maximum atomic E-state index is 14.0. The number of rotatable bonds is 5. The molecule has 4 aromatic rings. The van der Waals surface area contributed by atoms with Crippen LogP contribution in [0.5, 0.6) is 0 Å². The Hall–Kier alpha value is -3.50. The van der Waals surface area contributed by atoms with Crippen LogP contribution in [0.25, 0.3) is 0 Å². The van der Waals surface area contributed by atoms with E-state index in [2.05, 4.69) is 28.1 Å². The number of ketones is 1. The summed E-state index contributed by atoms with van der Waals surface area (Å²) in [7, 11) is 0. The van der Waals surface area contributed by atoms with E-state index in [1.807, 2.05) is 108 Å². The third-order valence-corrected chi connectivity index (χ3v) is 6.26. The molecule has 0 fully saturated rings. The second kappa shape index (κ2) is 8.93. The first kappa shape index (κ1) is 20.4. The lowest BCUT2D eigenvalue weighted by atomic mass is 9.81. The van der Waals surface area contributed by atoms with Crippen molar-refractivity contribution in [2.24, 2.45) is 11.0 Å². The van der Waals surface area contributed by atoms with Crippen molar-refractivity contribution in [1.29, 1.82) is 0 Å². The first-order valence-corrected chi connectivity index (χ1v) is 11.3. The molecule has 4 heteroatoms. The normalized spacial score (nSPS) is 17.8. The van der Waals surface area contributed by atoms with E-state index in [-0.39, 0.29) is 11.8 Å². The number of hydrazone groups is 1. The van der Waals surface area contributed by atoms with Gasteiger partial charge < -0.3 is 0 Å². The molecule has 0 spiro atoms. The fourth-order valence-electron chi connectivity index (χ4n) is 4.22. The summed E-state index contributed by atoms with van der Waals surface area (Å²) >= 11 is 3.47. The van der Waals surface area contributed by atoms with Gasteiger partial charge in [-0.05, 0) is 35.4 Å². The first-order chi connectivity index (χ1) is 15.7. The van der Waals surface area contributed by atoms with Gasteiger partial charge in [0.1, 0.15) is 0 Å². The van der Waals surface area contributed by atoms with Gasteiger partial charge in [0.25, 0.3) is 0 Å². The minimum absolute atomic E-state index is 0.0624. The first-order valence-electron chi connectivity index (χ1n) is 10.6. The summed E-state index contributed by atoms with van der Waals surface area (Å²) < 4.78 is 0.947. The van der Waals surface area contributed by atoms with Gasteiger partial charge in [-0.1, -0.05) is 107 Å². The van der Waals surface area contributed by atoms with Crippen LogP contribution >= 0.6 is 15.9 Å². The number of benzene rings is 4. The summed E-state index contributed by atoms with van der Waals surface area (Å²) in [5, 5.41) is 7.05. The Morgan fingerprint density at radius 3 is 1.91 bits per heavy atom. The maximum Gasteiger partial charge on any atom is 0.174 e. The van der Waals surface area contributed by atoms with Gasteiger partial charge in [-0.25, -0.2) is 0 Å². The number of halogens is 1. The largest absolute Gasteiger partial charge is 0.293 e. The molecule has 3 nitrogen and oxygen atoms in total. The number of Topliss-reactive ketones (excluding diaryl/α,β-unsaturated/α-hetero) is 1. The third kappa shape index (κ3) is 3.90. The van der Waals surface area contributed by atoms with E-state index in [9.17, 15) is 4.79 Å². The molecule has 5 rings (SSSR count). The molecular formula is C28H21BrN2O. The zero-order chi connectivity index (χ0) is 21.9. The molecule has 0 aliphatic carbocycles. The quantitative estimate of drug-likeness (QED) is 0.290. The molecule has 32 heavy (non-hydrogen) atoms. The Balaban J connectivity index is 1.69. The lowest BCUT2D eigenvalue weighted by Gasteiger charge is -2.28. The SMILES string of the molecule is O=C(c1ccc(Br)cc1)[C@@H]1C(c2ccccc2)=NN(c2ccccc2)[C@H]1c1ccccc1. The number of carbonyl (C=O) groups excluding carboxylic acids is 1. The summed E-state index contributed by atoms with van der Waals surface area (Å²) in [5.74, 6) is -0.381. The van der Waals surface area contributed by atoms with Gasteiger partial charge in [0, 0.05) is 10.0 Å². The van der Waals surface area contributed by atoms with Crippen molar-refractivity contribution >= 4 is 33.1 Å². The molecule has 0 unspecified atom stereocenters. The van der Waals surface area contributed by atoms with E-state index in [0.29, 0.717) is 5.56 Å².